The molecular weight excluding hydrogens is 387 g/mol. The molecule has 1 aliphatic rings. The molecule has 0 bridgehead atoms. The molecule has 0 aromatic heterocycles. The first kappa shape index (κ1) is 22.5. The molecule has 0 aliphatic carbocycles. The number of aliphatic hydroxyl groups is 1. The van der Waals surface area contributed by atoms with Crippen molar-refractivity contribution in [2.24, 2.45) is 0 Å². The predicted molar refractivity (Wildman–Crippen MR) is 113 cm³/mol. The first-order valence-electron chi connectivity index (χ1n) is 10.3. The average Bonchev–Trinajstić information content (AvgIpc) is 2.75. The van der Waals surface area contributed by atoms with Gasteiger partial charge in [-0.2, -0.15) is 0 Å². The standard InChI is InChI=1S/C23H31FN2O4/c1-17-6-7-20(24)12-19(17)14-25-13-18-4-3-5-22(28-2)23(18)30-16-21(27)15-26-8-10-29-11-9-26/h3-7,12,21,25,27H,8-11,13-16H2,1-2H3. The minimum absolute atomic E-state index is 0.174. The lowest BCUT2D eigenvalue weighted by Crippen LogP contribution is -2.42. The van der Waals surface area contributed by atoms with Crippen LogP contribution in [0, 0.1) is 12.7 Å². The molecule has 2 N–H and O–H groups in total. The van der Waals surface area contributed by atoms with Gasteiger partial charge in [0, 0.05) is 38.3 Å². The van der Waals surface area contributed by atoms with Crippen LogP contribution in [0.4, 0.5) is 4.39 Å². The third kappa shape index (κ3) is 6.40. The lowest BCUT2D eigenvalue weighted by atomic mass is 10.1. The third-order valence-corrected chi connectivity index (χ3v) is 5.22. The van der Waals surface area contributed by atoms with Gasteiger partial charge in [-0.3, -0.25) is 4.90 Å². The van der Waals surface area contributed by atoms with Crippen LogP contribution in [0.2, 0.25) is 0 Å². The summed E-state index contributed by atoms with van der Waals surface area (Å²) in [6.07, 6.45) is -0.608. The van der Waals surface area contributed by atoms with Crippen molar-refractivity contribution in [3.63, 3.8) is 0 Å². The Kier molecular flexibility index (Phi) is 8.45. The van der Waals surface area contributed by atoms with Gasteiger partial charge in [0.05, 0.1) is 20.3 Å². The van der Waals surface area contributed by atoms with E-state index in [0.29, 0.717) is 44.3 Å². The summed E-state index contributed by atoms with van der Waals surface area (Å²) >= 11 is 0. The molecule has 1 atom stereocenters. The van der Waals surface area contributed by atoms with Gasteiger partial charge in [-0.1, -0.05) is 18.2 Å². The van der Waals surface area contributed by atoms with Gasteiger partial charge in [0.25, 0.3) is 0 Å². The fraction of sp³-hybridized carbons (Fsp3) is 0.478. The molecule has 0 saturated carbocycles. The van der Waals surface area contributed by atoms with E-state index >= 15 is 0 Å². The Bertz CT molecular complexity index is 812. The number of aliphatic hydroxyl groups excluding tert-OH is 1. The first-order valence-corrected chi connectivity index (χ1v) is 10.3. The molecule has 6 nitrogen and oxygen atoms in total. The molecule has 2 aromatic carbocycles. The third-order valence-electron chi connectivity index (χ3n) is 5.22. The normalized spacial score (nSPS) is 15.7. The molecular formula is C23H31FN2O4. The van der Waals surface area contributed by atoms with Crippen molar-refractivity contribution < 1.29 is 23.7 Å². The maximum absolute atomic E-state index is 13.5. The van der Waals surface area contributed by atoms with Crippen LogP contribution in [0.3, 0.4) is 0 Å². The van der Waals surface area contributed by atoms with E-state index < -0.39 is 6.10 Å². The fourth-order valence-corrected chi connectivity index (χ4v) is 3.50. The van der Waals surface area contributed by atoms with Crippen molar-refractivity contribution in [2.45, 2.75) is 26.1 Å². The van der Waals surface area contributed by atoms with Gasteiger partial charge in [0.2, 0.25) is 0 Å². The largest absolute Gasteiger partial charge is 0.493 e. The van der Waals surface area contributed by atoms with Crippen molar-refractivity contribution in [1.29, 1.82) is 0 Å². The summed E-state index contributed by atoms with van der Waals surface area (Å²) in [6.45, 7) is 6.79. The summed E-state index contributed by atoms with van der Waals surface area (Å²) in [5, 5.41) is 13.7. The summed E-state index contributed by atoms with van der Waals surface area (Å²) in [4.78, 5) is 2.17. The number of para-hydroxylation sites is 1. The van der Waals surface area contributed by atoms with Crippen LogP contribution in [0.1, 0.15) is 16.7 Å². The van der Waals surface area contributed by atoms with Gasteiger partial charge in [-0.05, 0) is 36.2 Å². The highest BCUT2D eigenvalue weighted by Crippen LogP contribution is 2.31. The maximum Gasteiger partial charge on any atom is 0.165 e. The maximum atomic E-state index is 13.5. The topological polar surface area (TPSA) is 63.2 Å². The predicted octanol–water partition coefficient (Wildman–Crippen LogP) is 2.50. The van der Waals surface area contributed by atoms with Crippen LogP contribution in [-0.4, -0.2) is 62.7 Å². The summed E-state index contributed by atoms with van der Waals surface area (Å²) < 4.78 is 30.3. The Morgan fingerprint density at radius 3 is 2.70 bits per heavy atom. The van der Waals surface area contributed by atoms with Crippen molar-refractivity contribution in [3.8, 4) is 11.5 Å². The van der Waals surface area contributed by atoms with Gasteiger partial charge in [-0.25, -0.2) is 4.39 Å². The highest BCUT2D eigenvalue weighted by molar-refractivity contribution is 5.46. The van der Waals surface area contributed by atoms with Crippen molar-refractivity contribution in [3.05, 3.63) is 58.9 Å². The second kappa shape index (κ2) is 11.3. The summed E-state index contributed by atoms with van der Waals surface area (Å²) in [7, 11) is 1.60. The highest BCUT2D eigenvalue weighted by atomic mass is 19.1. The number of benzene rings is 2. The van der Waals surface area contributed by atoms with Gasteiger partial charge in [0.15, 0.2) is 11.5 Å². The molecule has 7 heteroatoms. The Morgan fingerprint density at radius 1 is 1.17 bits per heavy atom. The van der Waals surface area contributed by atoms with Crippen LogP contribution >= 0.6 is 0 Å². The number of β-amino-alcohol motifs (C(OH)–C–C–N with tert-alkyl or cyclic N) is 1. The second-order valence-electron chi connectivity index (χ2n) is 7.50. The molecule has 1 aliphatic heterocycles. The minimum atomic E-state index is -0.608. The van der Waals surface area contributed by atoms with Crippen LogP contribution in [-0.2, 0) is 17.8 Å². The quantitative estimate of drug-likeness (QED) is 0.618. The second-order valence-corrected chi connectivity index (χ2v) is 7.50. The van der Waals surface area contributed by atoms with E-state index in [1.807, 2.05) is 25.1 Å². The molecule has 0 spiro atoms. The zero-order valence-electron chi connectivity index (χ0n) is 17.7. The zero-order valence-corrected chi connectivity index (χ0v) is 17.7. The van der Waals surface area contributed by atoms with Crippen LogP contribution in [0.15, 0.2) is 36.4 Å². The molecule has 0 amide bonds. The van der Waals surface area contributed by atoms with Crippen molar-refractivity contribution in [1.82, 2.24) is 10.2 Å². The van der Waals surface area contributed by atoms with Crippen LogP contribution in [0.25, 0.3) is 0 Å². The molecule has 1 heterocycles. The Labute approximate surface area is 177 Å². The number of nitrogens with one attached hydrogen (secondary N) is 1. The monoisotopic (exact) mass is 418 g/mol. The van der Waals surface area contributed by atoms with Crippen molar-refractivity contribution >= 4 is 0 Å². The van der Waals surface area contributed by atoms with Crippen molar-refractivity contribution in [2.75, 3.05) is 46.6 Å². The molecule has 2 aromatic rings. The van der Waals surface area contributed by atoms with Crippen LogP contribution < -0.4 is 14.8 Å². The Balaban J connectivity index is 1.58. The van der Waals surface area contributed by atoms with Gasteiger partial charge < -0.3 is 24.6 Å². The molecule has 1 fully saturated rings. The number of nitrogens with zero attached hydrogens (tertiary/aromatic N) is 1. The van der Waals surface area contributed by atoms with Gasteiger partial charge in [0.1, 0.15) is 18.5 Å². The van der Waals surface area contributed by atoms with E-state index in [9.17, 15) is 9.50 Å². The smallest absolute Gasteiger partial charge is 0.165 e. The van der Waals surface area contributed by atoms with E-state index in [4.69, 9.17) is 14.2 Å². The SMILES string of the molecule is COc1cccc(CNCc2cc(F)ccc2C)c1OCC(O)CN1CCOCC1. The first-order chi connectivity index (χ1) is 14.6. The molecule has 1 unspecified atom stereocenters. The summed E-state index contributed by atoms with van der Waals surface area (Å²) in [5.41, 5.74) is 2.88. The number of aryl methyl sites for hydroxylation is 1. The zero-order chi connectivity index (χ0) is 21.3. The van der Waals surface area contributed by atoms with E-state index in [1.165, 1.54) is 6.07 Å². The average molecular weight is 419 g/mol. The van der Waals surface area contributed by atoms with E-state index in [-0.39, 0.29) is 12.4 Å². The van der Waals surface area contributed by atoms with Gasteiger partial charge >= 0.3 is 0 Å². The number of methoxy groups -OCH3 is 1. The highest BCUT2D eigenvalue weighted by Gasteiger charge is 2.17. The molecule has 1 saturated heterocycles. The number of hydrogen-bond donors (Lipinski definition) is 2. The molecule has 3 rings (SSSR count). The number of rotatable bonds is 10. The Hall–Kier alpha value is -2.19. The van der Waals surface area contributed by atoms with E-state index in [2.05, 4.69) is 10.2 Å². The molecule has 164 valence electrons. The van der Waals surface area contributed by atoms with E-state index in [1.54, 1.807) is 19.2 Å². The lowest BCUT2D eigenvalue weighted by Gasteiger charge is -2.28. The summed E-state index contributed by atoms with van der Waals surface area (Å²) in [5.74, 6) is 0.997. The molecule has 30 heavy (non-hydrogen) atoms. The number of halogens is 1. The fourth-order valence-electron chi connectivity index (χ4n) is 3.50. The lowest BCUT2D eigenvalue weighted by molar-refractivity contribution is 0.00436. The summed E-state index contributed by atoms with van der Waals surface area (Å²) in [6, 6.07) is 10.5. The number of morpholine rings is 1. The Morgan fingerprint density at radius 2 is 1.93 bits per heavy atom. The van der Waals surface area contributed by atoms with Gasteiger partial charge in [-0.15, -0.1) is 0 Å². The number of ether oxygens (including phenoxy) is 3. The molecule has 0 radical (unpaired) electrons. The van der Waals surface area contributed by atoms with E-state index in [0.717, 1.165) is 29.8 Å². The number of hydrogen-bond acceptors (Lipinski definition) is 6. The minimum Gasteiger partial charge on any atom is -0.493 e. The van der Waals surface area contributed by atoms with Crippen LogP contribution in [0.5, 0.6) is 11.5 Å².